The minimum absolute atomic E-state index is 0.0900. The Morgan fingerprint density at radius 1 is 1.53 bits per heavy atom. The van der Waals surface area contributed by atoms with Gasteiger partial charge in [-0.25, -0.2) is 4.79 Å². The third-order valence-corrected chi connectivity index (χ3v) is 2.60. The summed E-state index contributed by atoms with van der Waals surface area (Å²) in [5.74, 6) is -1.11. The van der Waals surface area contributed by atoms with E-state index in [2.05, 4.69) is 5.32 Å². The van der Waals surface area contributed by atoms with Crippen molar-refractivity contribution < 1.29 is 14.7 Å². The summed E-state index contributed by atoms with van der Waals surface area (Å²) >= 11 is 0. The van der Waals surface area contributed by atoms with Crippen molar-refractivity contribution >= 4 is 11.9 Å². The second-order valence-corrected chi connectivity index (χ2v) is 4.30. The van der Waals surface area contributed by atoms with Crippen LogP contribution in [0, 0.1) is 0 Å². The van der Waals surface area contributed by atoms with Gasteiger partial charge < -0.3 is 16.2 Å². The van der Waals surface area contributed by atoms with Crippen molar-refractivity contribution in [1.29, 1.82) is 0 Å². The Balaban J connectivity index is 2.22. The van der Waals surface area contributed by atoms with E-state index in [1.165, 1.54) is 0 Å². The Hall–Kier alpha value is -1.10. The molecule has 1 unspecified atom stereocenters. The highest BCUT2D eigenvalue weighted by atomic mass is 16.4. The van der Waals surface area contributed by atoms with E-state index in [0.717, 1.165) is 6.42 Å². The molecule has 15 heavy (non-hydrogen) atoms. The summed E-state index contributed by atoms with van der Waals surface area (Å²) in [5, 5.41) is 11.4. The Morgan fingerprint density at radius 3 is 2.53 bits per heavy atom. The first-order valence-corrected chi connectivity index (χ1v) is 5.26. The lowest BCUT2D eigenvalue weighted by Crippen LogP contribution is -2.43. The number of aliphatic carboxylic acids is 1. The molecule has 0 aromatic heterocycles. The van der Waals surface area contributed by atoms with E-state index in [0.29, 0.717) is 25.7 Å². The molecule has 1 amide bonds. The second kappa shape index (κ2) is 4.61. The van der Waals surface area contributed by atoms with Gasteiger partial charge in [-0.05, 0) is 32.6 Å². The van der Waals surface area contributed by atoms with Gasteiger partial charge in [-0.1, -0.05) is 0 Å². The molecule has 0 spiro atoms. The molecule has 0 saturated heterocycles. The fourth-order valence-corrected chi connectivity index (χ4v) is 1.43. The van der Waals surface area contributed by atoms with Gasteiger partial charge in [-0.15, -0.1) is 0 Å². The average molecular weight is 214 g/mol. The quantitative estimate of drug-likeness (QED) is 0.590. The third-order valence-electron chi connectivity index (χ3n) is 2.60. The molecule has 1 saturated carbocycles. The zero-order valence-corrected chi connectivity index (χ0v) is 8.95. The highest BCUT2D eigenvalue weighted by molar-refractivity contribution is 5.89. The van der Waals surface area contributed by atoms with Crippen LogP contribution >= 0.6 is 0 Å². The van der Waals surface area contributed by atoms with E-state index in [1.54, 1.807) is 0 Å². The molecule has 4 N–H and O–H groups in total. The molecule has 1 atom stereocenters. The molecular weight excluding hydrogens is 196 g/mol. The summed E-state index contributed by atoms with van der Waals surface area (Å²) in [6.07, 6.45) is 2.94. The molecule has 1 aliphatic rings. The van der Waals surface area contributed by atoms with Crippen molar-refractivity contribution in [2.24, 2.45) is 5.73 Å². The zero-order chi connectivity index (χ0) is 11.5. The molecule has 5 heteroatoms. The summed E-state index contributed by atoms with van der Waals surface area (Å²) in [6.45, 7) is 1.89. The van der Waals surface area contributed by atoms with Gasteiger partial charge in [0, 0.05) is 12.5 Å². The third kappa shape index (κ3) is 3.51. The van der Waals surface area contributed by atoms with Crippen LogP contribution in [-0.4, -0.2) is 28.6 Å². The fourth-order valence-electron chi connectivity index (χ4n) is 1.43. The molecule has 1 fully saturated rings. The van der Waals surface area contributed by atoms with Crippen molar-refractivity contribution in [2.75, 3.05) is 0 Å². The van der Waals surface area contributed by atoms with E-state index >= 15 is 0 Å². The van der Waals surface area contributed by atoms with Crippen LogP contribution in [0.5, 0.6) is 0 Å². The first-order chi connectivity index (χ1) is 6.96. The number of carboxylic acid groups (broad SMARTS) is 1. The minimum atomic E-state index is -0.953. The van der Waals surface area contributed by atoms with Gasteiger partial charge in [0.2, 0.25) is 5.91 Å². The molecule has 0 aliphatic heterocycles. The number of nitrogens with two attached hydrogens (primary N) is 1. The van der Waals surface area contributed by atoms with Crippen molar-refractivity contribution in [3.8, 4) is 0 Å². The zero-order valence-electron chi connectivity index (χ0n) is 8.95. The smallest absolute Gasteiger partial charge is 0.329 e. The van der Waals surface area contributed by atoms with Crippen molar-refractivity contribution in [2.45, 2.75) is 50.6 Å². The highest BCUT2D eigenvalue weighted by Crippen LogP contribution is 2.35. The van der Waals surface area contributed by atoms with E-state index in [4.69, 9.17) is 10.8 Å². The van der Waals surface area contributed by atoms with E-state index in [-0.39, 0.29) is 11.9 Å². The summed E-state index contributed by atoms with van der Waals surface area (Å²) in [6, 6.07) is 0.0900. The molecule has 86 valence electrons. The van der Waals surface area contributed by atoms with E-state index in [9.17, 15) is 9.59 Å². The molecule has 0 radical (unpaired) electrons. The number of amides is 1. The Morgan fingerprint density at radius 2 is 2.13 bits per heavy atom. The standard InChI is InChI=1S/C10H18N2O3/c1-7(11)3-2-4-8(13)12-10(5-6-10)9(14)15/h7H,2-6,11H2,1H3,(H,12,13)(H,14,15). The maximum absolute atomic E-state index is 11.4. The van der Waals surface area contributed by atoms with Crippen LogP contribution in [0.25, 0.3) is 0 Å². The van der Waals surface area contributed by atoms with Crippen LogP contribution in [0.4, 0.5) is 0 Å². The lowest BCUT2D eigenvalue weighted by Gasteiger charge is -2.12. The Kier molecular flexibility index (Phi) is 3.68. The number of hydrogen-bond donors (Lipinski definition) is 3. The summed E-state index contributed by atoms with van der Waals surface area (Å²) in [4.78, 5) is 22.1. The predicted octanol–water partition coefficient (Wildman–Crippen LogP) is 0.237. The Bertz CT molecular complexity index is 259. The lowest BCUT2D eigenvalue weighted by molar-refractivity contribution is -0.143. The van der Waals surface area contributed by atoms with Gasteiger partial charge in [-0.3, -0.25) is 4.79 Å². The van der Waals surface area contributed by atoms with E-state index < -0.39 is 11.5 Å². The monoisotopic (exact) mass is 214 g/mol. The second-order valence-electron chi connectivity index (χ2n) is 4.30. The number of carbonyl (C=O) groups is 2. The van der Waals surface area contributed by atoms with Gasteiger partial charge in [0.15, 0.2) is 0 Å². The first-order valence-electron chi connectivity index (χ1n) is 5.26. The summed E-state index contributed by atoms with van der Waals surface area (Å²) in [7, 11) is 0. The topological polar surface area (TPSA) is 92.4 Å². The van der Waals surface area contributed by atoms with Crippen LogP contribution in [0.3, 0.4) is 0 Å². The molecule has 1 rings (SSSR count). The van der Waals surface area contributed by atoms with Crippen molar-refractivity contribution in [3.05, 3.63) is 0 Å². The Labute approximate surface area is 89.0 Å². The van der Waals surface area contributed by atoms with Crippen LogP contribution < -0.4 is 11.1 Å². The average Bonchev–Trinajstić information content (AvgIpc) is 2.84. The molecule has 0 aromatic carbocycles. The molecule has 1 aliphatic carbocycles. The minimum Gasteiger partial charge on any atom is -0.480 e. The molecule has 5 nitrogen and oxygen atoms in total. The molecule has 0 heterocycles. The van der Waals surface area contributed by atoms with Crippen molar-refractivity contribution in [1.82, 2.24) is 5.32 Å². The number of carboxylic acids is 1. The van der Waals surface area contributed by atoms with Gasteiger partial charge >= 0.3 is 5.97 Å². The summed E-state index contributed by atoms with van der Waals surface area (Å²) < 4.78 is 0. The maximum Gasteiger partial charge on any atom is 0.329 e. The predicted molar refractivity (Wildman–Crippen MR) is 55.2 cm³/mol. The van der Waals surface area contributed by atoms with Crippen LogP contribution in [0.2, 0.25) is 0 Å². The lowest BCUT2D eigenvalue weighted by atomic mass is 10.1. The number of hydrogen-bond acceptors (Lipinski definition) is 3. The number of nitrogens with one attached hydrogen (secondary N) is 1. The first kappa shape index (κ1) is 12.0. The number of carbonyl (C=O) groups excluding carboxylic acids is 1. The van der Waals surface area contributed by atoms with Crippen molar-refractivity contribution in [3.63, 3.8) is 0 Å². The maximum atomic E-state index is 11.4. The SMILES string of the molecule is CC(N)CCCC(=O)NC1(C(=O)O)CC1. The van der Waals surface area contributed by atoms with Gasteiger partial charge in [0.25, 0.3) is 0 Å². The molecular formula is C10H18N2O3. The molecule has 0 aromatic rings. The van der Waals surface area contributed by atoms with E-state index in [1.807, 2.05) is 6.92 Å². The highest BCUT2D eigenvalue weighted by Gasteiger charge is 2.51. The molecule has 0 bridgehead atoms. The van der Waals surface area contributed by atoms with Gasteiger partial charge in [0.1, 0.15) is 5.54 Å². The van der Waals surface area contributed by atoms with Gasteiger partial charge in [-0.2, -0.15) is 0 Å². The largest absolute Gasteiger partial charge is 0.480 e. The van der Waals surface area contributed by atoms with Gasteiger partial charge in [0.05, 0.1) is 0 Å². The number of rotatable bonds is 6. The van der Waals surface area contributed by atoms with Crippen LogP contribution in [0.15, 0.2) is 0 Å². The fraction of sp³-hybridized carbons (Fsp3) is 0.800. The van der Waals surface area contributed by atoms with Crippen LogP contribution in [0.1, 0.15) is 39.0 Å². The summed E-state index contributed by atoms with van der Waals surface area (Å²) in [5.41, 5.74) is 4.59. The normalized spacial score (nSPS) is 19.3. The van der Waals surface area contributed by atoms with Crippen LogP contribution in [-0.2, 0) is 9.59 Å².